The van der Waals surface area contributed by atoms with Crippen molar-refractivity contribution < 1.29 is 14.6 Å². The number of aryl methyl sites for hydroxylation is 1. The van der Waals surface area contributed by atoms with Crippen molar-refractivity contribution in [3.63, 3.8) is 0 Å². The Kier molecular flexibility index (Phi) is 4.43. The van der Waals surface area contributed by atoms with E-state index in [0.717, 1.165) is 46.2 Å². The Bertz CT molecular complexity index is 531. The molecule has 0 radical (unpaired) electrons. The molecule has 0 unspecified atom stereocenters. The summed E-state index contributed by atoms with van der Waals surface area (Å²) in [6.07, 6.45) is 4.41. The number of methoxy groups -OCH3 is 1. The second-order valence-corrected chi connectivity index (χ2v) is 6.51. The number of hydrogen-bond acceptors (Lipinski definition) is 2. The van der Waals surface area contributed by atoms with Crippen molar-refractivity contribution in [2.75, 3.05) is 7.11 Å². The topological polar surface area (TPSA) is 46.5 Å². The molecule has 1 N–H and O–H groups in total. The van der Waals surface area contributed by atoms with Crippen LogP contribution in [-0.2, 0) is 10.2 Å². The molecule has 110 valence electrons. The number of rotatable bonds is 3. The van der Waals surface area contributed by atoms with Gasteiger partial charge in [-0.05, 0) is 43.9 Å². The molecule has 1 aromatic rings. The molecular weight excluding hydrogens is 320 g/mol. The van der Waals surface area contributed by atoms with E-state index in [4.69, 9.17) is 4.74 Å². The first-order chi connectivity index (χ1) is 9.44. The zero-order valence-corrected chi connectivity index (χ0v) is 13.8. The molecule has 0 heterocycles. The Labute approximate surface area is 128 Å². The molecule has 1 aromatic carbocycles. The summed E-state index contributed by atoms with van der Waals surface area (Å²) in [5.74, 6) is 0.00565. The highest BCUT2D eigenvalue weighted by molar-refractivity contribution is 9.10. The number of ether oxygens (including phenoxy) is 1. The molecule has 0 bridgehead atoms. The molecule has 1 aliphatic carbocycles. The van der Waals surface area contributed by atoms with Crippen molar-refractivity contribution in [2.24, 2.45) is 0 Å². The summed E-state index contributed by atoms with van der Waals surface area (Å²) in [7, 11) is 1.62. The third-order valence-electron chi connectivity index (χ3n) is 4.46. The first-order valence-corrected chi connectivity index (χ1v) is 7.81. The van der Waals surface area contributed by atoms with E-state index in [0.29, 0.717) is 12.8 Å². The van der Waals surface area contributed by atoms with Crippen LogP contribution in [0.5, 0.6) is 5.75 Å². The molecule has 0 saturated heterocycles. The van der Waals surface area contributed by atoms with E-state index in [2.05, 4.69) is 15.9 Å². The monoisotopic (exact) mass is 340 g/mol. The van der Waals surface area contributed by atoms with Crippen LogP contribution in [0.2, 0.25) is 0 Å². The predicted molar refractivity (Wildman–Crippen MR) is 82.6 cm³/mol. The average Bonchev–Trinajstić information content (AvgIpc) is 2.43. The predicted octanol–water partition coefficient (Wildman–Crippen LogP) is 4.36. The number of hydrogen-bond donors (Lipinski definition) is 1. The average molecular weight is 341 g/mol. The summed E-state index contributed by atoms with van der Waals surface area (Å²) < 4.78 is 6.51. The second-order valence-electron chi connectivity index (χ2n) is 5.66. The van der Waals surface area contributed by atoms with Crippen LogP contribution in [0.4, 0.5) is 0 Å². The standard InChI is InChI=1S/C16H21BrO3/c1-10-9-12(17)11(2)13(14(10)20-3)16(15(18)19)7-5-4-6-8-16/h9H,4-8H2,1-3H3,(H,18,19). The molecule has 20 heavy (non-hydrogen) atoms. The molecule has 1 fully saturated rings. The van der Waals surface area contributed by atoms with Gasteiger partial charge in [-0.25, -0.2) is 0 Å². The lowest BCUT2D eigenvalue weighted by Gasteiger charge is -2.36. The number of aliphatic carboxylic acids is 1. The number of benzene rings is 1. The van der Waals surface area contributed by atoms with Gasteiger partial charge in [0.25, 0.3) is 0 Å². The van der Waals surface area contributed by atoms with Gasteiger partial charge in [-0.15, -0.1) is 0 Å². The summed E-state index contributed by atoms with van der Waals surface area (Å²) in [6.45, 7) is 3.94. The van der Waals surface area contributed by atoms with Crippen molar-refractivity contribution in [3.05, 3.63) is 27.2 Å². The van der Waals surface area contributed by atoms with Crippen LogP contribution < -0.4 is 4.74 Å². The summed E-state index contributed by atoms with van der Waals surface area (Å²) in [6, 6.07) is 2.00. The van der Waals surface area contributed by atoms with Gasteiger partial charge in [-0.2, -0.15) is 0 Å². The third-order valence-corrected chi connectivity index (χ3v) is 5.28. The van der Waals surface area contributed by atoms with Gasteiger partial charge in [0.15, 0.2) is 0 Å². The fourth-order valence-corrected chi connectivity index (χ4v) is 3.96. The van der Waals surface area contributed by atoms with Crippen LogP contribution in [0.3, 0.4) is 0 Å². The van der Waals surface area contributed by atoms with Crippen LogP contribution >= 0.6 is 15.9 Å². The van der Waals surface area contributed by atoms with Crippen molar-refractivity contribution in [3.8, 4) is 5.75 Å². The minimum Gasteiger partial charge on any atom is -0.496 e. The van der Waals surface area contributed by atoms with Crippen molar-refractivity contribution in [2.45, 2.75) is 51.4 Å². The van der Waals surface area contributed by atoms with E-state index >= 15 is 0 Å². The van der Waals surface area contributed by atoms with Gasteiger partial charge < -0.3 is 9.84 Å². The van der Waals surface area contributed by atoms with Gasteiger partial charge in [-0.1, -0.05) is 35.2 Å². The van der Waals surface area contributed by atoms with Crippen LogP contribution in [-0.4, -0.2) is 18.2 Å². The number of halogens is 1. The summed E-state index contributed by atoms with van der Waals surface area (Å²) in [4.78, 5) is 12.0. The Balaban J connectivity index is 2.73. The Morgan fingerprint density at radius 3 is 2.40 bits per heavy atom. The number of carbonyl (C=O) groups is 1. The lowest BCUT2D eigenvalue weighted by molar-refractivity contribution is -0.145. The van der Waals surface area contributed by atoms with E-state index in [1.54, 1.807) is 7.11 Å². The van der Waals surface area contributed by atoms with Gasteiger partial charge in [0, 0.05) is 10.0 Å². The normalized spacial score (nSPS) is 17.8. The van der Waals surface area contributed by atoms with Gasteiger partial charge in [0.2, 0.25) is 0 Å². The maximum atomic E-state index is 12.0. The second kappa shape index (κ2) is 5.76. The molecule has 0 spiro atoms. The summed E-state index contributed by atoms with van der Waals surface area (Å²) >= 11 is 3.55. The Morgan fingerprint density at radius 1 is 1.30 bits per heavy atom. The van der Waals surface area contributed by atoms with Crippen LogP contribution in [0.15, 0.2) is 10.5 Å². The molecule has 0 atom stereocenters. The highest BCUT2D eigenvalue weighted by Gasteiger charge is 2.45. The van der Waals surface area contributed by atoms with Crippen molar-refractivity contribution in [1.82, 2.24) is 0 Å². The molecular formula is C16H21BrO3. The first kappa shape index (κ1) is 15.4. The highest BCUT2D eigenvalue weighted by atomic mass is 79.9. The first-order valence-electron chi connectivity index (χ1n) is 7.01. The molecule has 0 aliphatic heterocycles. The zero-order valence-electron chi connectivity index (χ0n) is 12.3. The summed E-state index contributed by atoms with van der Waals surface area (Å²) in [5, 5.41) is 9.90. The maximum Gasteiger partial charge on any atom is 0.314 e. The van der Waals surface area contributed by atoms with Gasteiger partial charge in [0.1, 0.15) is 5.75 Å². The summed E-state index contributed by atoms with van der Waals surface area (Å²) in [5.41, 5.74) is 2.02. The van der Waals surface area contributed by atoms with E-state index in [1.165, 1.54) is 0 Å². The minimum atomic E-state index is -0.803. The van der Waals surface area contributed by atoms with Gasteiger partial charge in [0.05, 0.1) is 12.5 Å². The fraction of sp³-hybridized carbons (Fsp3) is 0.562. The molecule has 3 nitrogen and oxygen atoms in total. The SMILES string of the molecule is COc1c(C)cc(Br)c(C)c1C1(C(=O)O)CCCCC1. The largest absolute Gasteiger partial charge is 0.496 e. The van der Waals surface area contributed by atoms with Gasteiger partial charge >= 0.3 is 5.97 Å². The molecule has 1 saturated carbocycles. The van der Waals surface area contributed by atoms with E-state index in [1.807, 2.05) is 19.9 Å². The van der Waals surface area contributed by atoms with Gasteiger partial charge in [-0.3, -0.25) is 4.79 Å². The van der Waals surface area contributed by atoms with Crippen LogP contribution in [0.1, 0.15) is 48.8 Å². The van der Waals surface area contributed by atoms with Crippen molar-refractivity contribution in [1.29, 1.82) is 0 Å². The van der Waals surface area contributed by atoms with E-state index in [-0.39, 0.29) is 0 Å². The quantitative estimate of drug-likeness (QED) is 0.888. The van der Waals surface area contributed by atoms with Crippen molar-refractivity contribution >= 4 is 21.9 Å². The lowest BCUT2D eigenvalue weighted by atomic mass is 9.67. The minimum absolute atomic E-state index is 0.690. The Morgan fingerprint density at radius 2 is 1.90 bits per heavy atom. The molecule has 1 aliphatic rings. The maximum absolute atomic E-state index is 12.0. The Hall–Kier alpha value is -1.03. The number of carboxylic acid groups (broad SMARTS) is 1. The lowest BCUT2D eigenvalue weighted by Crippen LogP contribution is -2.39. The zero-order chi connectivity index (χ0) is 14.9. The van der Waals surface area contributed by atoms with Crippen LogP contribution in [0.25, 0.3) is 0 Å². The molecule has 0 aromatic heterocycles. The molecule has 4 heteroatoms. The molecule has 2 rings (SSSR count). The van der Waals surface area contributed by atoms with E-state index < -0.39 is 11.4 Å². The van der Waals surface area contributed by atoms with Crippen LogP contribution in [0, 0.1) is 13.8 Å². The fourth-order valence-electron chi connectivity index (χ4n) is 3.42. The number of carboxylic acids is 1. The third kappa shape index (κ3) is 2.34. The smallest absolute Gasteiger partial charge is 0.314 e. The van der Waals surface area contributed by atoms with E-state index in [9.17, 15) is 9.90 Å². The highest BCUT2D eigenvalue weighted by Crippen LogP contribution is 2.47. The molecule has 0 amide bonds.